The number of nitrogens with zero attached hydrogens (tertiary/aromatic N) is 4. The fourth-order valence-electron chi connectivity index (χ4n) is 3.81. The molecule has 1 fully saturated rings. The van der Waals surface area contributed by atoms with Crippen molar-refractivity contribution in [3.05, 3.63) is 54.1 Å². The van der Waals surface area contributed by atoms with Crippen molar-refractivity contribution in [2.24, 2.45) is 5.92 Å². The molecule has 3 heterocycles. The molecule has 3 aromatic rings. The maximum absolute atomic E-state index is 13.4. The summed E-state index contributed by atoms with van der Waals surface area (Å²) in [5, 5.41) is 4.81. The number of hydrogen-bond donors (Lipinski definition) is 1. The molecule has 0 atom stereocenters. The van der Waals surface area contributed by atoms with Crippen molar-refractivity contribution in [3.63, 3.8) is 0 Å². The number of benzene rings is 1. The lowest BCUT2D eigenvalue weighted by Gasteiger charge is -2.28. The summed E-state index contributed by atoms with van der Waals surface area (Å²) in [7, 11) is 0. The molecule has 1 saturated carbocycles. The summed E-state index contributed by atoms with van der Waals surface area (Å²) < 4.78 is 15.4. The van der Waals surface area contributed by atoms with Crippen LogP contribution >= 0.6 is 0 Å². The van der Waals surface area contributed by atoms with E-state index in [4.69, 9.17) is 10.8 Å². The first-order valence-corrected chi connectivity index (χ1v) is 9.46. The quantitative estimate of drug-likeness (QED) is 0.761. The third-order valence-electron chi connectivity index (χ3n) is 5.41. The summed E-state index contributed by atoms with van der Waals surface area (Å²) in [6.45, 7) is 1.81. The average molecular weight is 377 g/mol. The Kier molecular flexibility index (Phi) is 3.89. The topological polar surface area (TPSA) is 77.0 Å². The van der Waals surface area contributed by atoms with Crippen LogP contribution in [0.4, 0.5) is 10.2 Å². The number of amides is 1. The van der Waals surface area contributed by atoms with Crippen LogP contribution in [0, 0.1) is 11.7 Å². The van der Waals surface area contributed by atoms with E-state index in [-0.39, 0.29) is 17.6 Å². The number of carbonyl (C=O) groups is 1. The highest BCUT2D eigenvalue weighted by Crippen LogP contribution is 2.38. The zero-order valence-corrected chi connectivity index (χ0v) is 15.3. The fourth-order valence-corrected chi connectivity index (χ4v) is 3.81. The molecule has 5 rings (SSSR count). The molecule has 0 unspecified atom stereocenters. The second kappa shape index (κ2) is 6.44. The number of rotatable bonds is 3. The van der Waals surface area contributed by atoms with Gasteiger partial charge in [0.2, 0.25) is 5.91 Å². The predicted octanol–water partition coefficient (Wildman–Crippen LogP) is 3.09. The van der Waals surface area contributed by atoms with Gasteiger partial charge in [-0.05, 0) is 54.8 Å². The fraction of sp³-hybridized carbons (Fsp3) is 0.286. The van der Waals surface area contributed by atoms with Gasteiger partial charge >= 0.3 is 0 Å². The molecule has 0 bridgehead atoms. The molecule has 6 nitrogen and oxygen atoms in total. The normalized spacial score (nSPS) is 16.1. The Labute approximate surface area is 161 Å². The highest BCUT2D eigenvalue weighted by atomic mass is 19.1. The Morgan fingerprint density at radius 3 is 2.61 bits per heavy atom. The van der Waals surface area contributed by atoms with Gasteiger partial charge in [0.15, 0.2) is 0 Å². The Morgan fingerprint density at radius 1 is 1.11 bits per heavy atom. The summed E-state index contributed by atoms with van der Waals surface area (Å²) in [6, 6.07) is 10.0. The molecule has 1 aliphatic heterocycles. The van der Waals surface area contributed by atoms with Crippen LogP contribution in [0.2, 0.25) is 0 Å². The molecule has 142 valence electrons. The zero-order valence-electron chi connectivity index (χ0n) is 15.3. The second-order valence-corrected chi connectivity index (χ2v) is 7.40. The molecule has 1 aromatic carbocycles. The lowest BCUT2D eigenvalue weighted by atomic mass is 9.98. The van der Waals surface area contributed by atoms with E-state index in [0.29, 0.717) is 25.5 Å². The SMILES string of the molecule is Nc1cc(-c2c(-c3ccc(F)cc3)nn3c2CN(C(=O)C2CC2)CC3)ccn1. The lowest BCUT2D eigenvalue weighted by Crippen LogP contribution is -2.39. The lowest BCUT2D eigenvalue weighted by molar-refractivity contribution is -0.134. The first kappa shape index (κ1) is 16.9. The largest absolute Gasteiger partial charge is 0.384 e. The van der Waals surface area contributed by atoms with Crippen molar-refractivity contribution in [2.45, 2.75) is 25.9 Å². The maximum Gasteiger partial charge on any atom is 0.226 e. The van der Waals surface area contributed by atoms with E-state index >= 15 is 0 Å². The number of fused-ring (bicyclic) bond motifs is 1. The summed E-state index contributed by atoms with van der Waals surface area (Å²) in [5.41, 5.74) is 10.3. The van der Waals surface area contributed by atoms with Gasteiger partial charge in [-0.3, -0.25) is 9.48 Å². The molecular weight excluding hydrogens is 357 g/mol. The number of pyridine rings is 1. The van der Waals surface area contributed by atoms with Crippen LogP contribution in [0.5, 0.6) is 0 Å². The van der Waals surface area contributed by atoms with E-state index < -0.39 is 0 Å². The van der Waals surface area contributed by atoms with Crippen LogP contribution in [-0.4, -0.2) is 32.1 Å². The number of anilines is 1. The van der Waals surface area contributed by atoms with Gasteiger partial charge in [-0.25, -0.2) is 9.37 Å². The number of carbonyl (C=O) groups excluding carboxylic acids is 1. The van der Waals surface area contributed by atoms with Crippen molar-refractivity contribution in [1.82, 2.24) is 19.7 Å². The maximum atomic E-state index is 13.4. The van der Waals surface area contributed by atoms with Gasteiger partial charge in [0, 0.05) is 29.8 Å². The van der Waals surface area contributed by atoms with E-state index in [2.05, 4.69) is 4.98 Å². The van der Waals surface area contributed by atoms with Gasteiger partial charge < -0.3 is 10.6 Å². The van der Waals surface area contributed by atoms with E-state index in [1.54, 1.807) is 18.3 Å². The highest BCUT2D eigenvalue weighted by molar-refractivity contribution is 5.85. The predicted molar refractivity (Wildman–Crippen MR) is 103 cm³/mol. The summed E-state index contributed by atoms with van der Waals surface area (Å²) in [4.78, 5) is 18.6. The molecular formula is C21H20FN5O. The molecule has 1 amide bonds. The molecule has 2 aromatic heterocycles. The number of nitrogen functional groups attached to an aromatic ring is 1. The van der Waals surface area contributed by atoms with Crippen LogP contribution in [0.15, 0.2) is 42.6 Å². The molecule has 0 radical (unpaired) electrons. The van der Waals surface area contributed by atoms with Gasteiger partial charge in [-0.2, -0.15) is 5.10 Å². The monoisotopic (exact) mass is 377 g/mol. The molecule has 0 spiro atoms. The van der Waals surface area contributed by atoms with Gasteiger partial charge in [0.05, 0.1) is 18.8 Å². The highest BCUT2D eigenvalue weighted by Gasteiger charge is 2.36. The van der Waals surface area contributed by atoms with Crippen LogP contribution in [0.3, 0.4) is 0 Å². The van der Waals surface area contributed by atoms with Crippen molar-refractivity contribution < 1.29 is 9.18 Å². The number of halogens is 1. The molecule has 1 aliphatic carbocycles. The van der Waals surface area contributed by atoms with E-state index in [1.165, 1.54) is 12.1 Å². The third-order valence-corrected chi connectivity index (χ3v) is 5.41. The molecule has 7 heteroatoms. The Bertz CT molecular complexity index is 1060. The number of aromatic nitrogens is 3. The average Bonchev–Trinajstić information content (AvgIpc) is 3.48. The Morgan fingerprint density at radius 2 is 1.89 bits per heavy atom. The minimum Gasteiger partial charge on any atom is -0.384 e. The standard InChI is InChI=1S/C21H20FN5O/c22-16-5-3-13(4-6-16)20-19(15-7-8-24-18(23)11-15)17-12-26(9-10-27(17)25-20)21(28)14-1-2-14/h3-8,11,14H,1-2,9-10,12H2,(H2,23,24). The van der Waals surface area contributed by atoms with Crippen LogP contribution < -0.4 is 5.73 Å². The number of hydrogen-bond acceptors (Lipinski definition) is 4. The minimum absolute atomic E-state index is 0.186. The Hall–Kier alpha value is -3.22. The minimum atomic E-state index is -0.288. The van der Waals surface area contributed by atoms with Crippen LogP contribution in [-0.2, 0) is 17.9 Å². The third kappa shape index (κ3) is 2.93. The van der Waals surface area contributed by atoms with Crippen molar-refractivity contribution in [1.29, 1.82) is 0 Å². The molecule has 2 aliphatic rings. The van der Waals surface area contributed by atoms with Gasteiger partial charge in [-0.15, -0.1) is 0 Å². The number of nitrogens with two attached hydrogens (primary N) is 1. The van der Waals surface area contributed by atoms with E-state index in [0.717, 1.165) is 40.9 Å². The van der Waals surface area contributed by atoms with Crippen LogP contribution in [0.1, 0.15) is 18.5 Å². The van der Waals surface area contributed by atoms with Crippen molar-refractivity contribution >= 4 is 11.7 Å². The summed E-state index contributed by atoms with van der Waals surface area (Å²) in [6.07, 6.45) is 3.64. The first-order chi connectivity index (χ1) is 13.6. The molecule has 0 saturated heterocycles. The molecule has 2 N–H and O–H groups in total. The van der Waals surface area contributed by atoms with E-state index in [9.17, 15) is 9.18 Å². The zero-order chi connectivity index (χ0) is 19.3. The van der Waals surface area contributed by atoms with Gasteiger partial charge in [-0.1, -0.05) is 0 Å². The first-order valence-electron chi connectivity index (χ1n) is 9.46. The van der Waals surface area contributed by atoms with Gasteiger partial charge in [0.25, 0.3) is 0 Å². The van der Waals surface area contributed by atoms with Crippen molar-refractivity contribution in [2.75, 3.05) is 12.3 Å². The van der Waals surface area contributed by atoms with Gasteiger partial charge in [0.1, 0.15) is 17.3 Å². The molecule has 28 heavy (non-hydrogen) atoms. The van der Waals surface area contributed by atoms with E-state index in [1.807, 2.05) is 21.7 Å². The Balaban J connectivity index is 1.64. The van der Waals surface area contributed by atoms with Crippen LogP contribution in [0.25, 0.3) is 22.4 Å². The second-order valence-electron chi connectivity index (χ2n) is 7.40. The van der Waals surface area contributed by atoms with Crippen molar-refractivity contribution in [3.8, 4) is 22.4 Å². The summed E-state index contributed by atoms with van der Waals surface area (Å²) in [5.74, 6) is 0.551. The smallest absolute Gasteiger partial charge is 0.226 e. The summed E-state index contributed by atoms with van der Waals surface area (Å²) >= 11 is 0.